The van der Waals surface area contributed by atoms with Crippen LogP contribution in [0.25, 0.3) is 20.4 Å². The first-order valence-corrected chi connectivity index (χ1v) is 8.35. The number of rotatable bonds is 2. The zero-order chi connectivity index (χ0) is 15.3. The normalized spacial score (nSPS) is 14.9. The van der Waals surface area contributed by atoms with Crippen LogP contribution >= 0.6 is 11.3 Å². The lowest BCUT2D eigenvalue weighted by Gasteiger charge is -2.21. The van der Waals surface area contributed by atoms with Gasteiger partial charge >= 0.3 is 0 Å². The van der Waals surface area contributed by atoms with Crippen molar-refractivity contribution < 1.29 is 4.74 Å². The molecule has 0 amide bonds. The van der Waals surface area contributed by atoms with Gasteiger partial charge in [-0.05, 0) is 24.3 Å². The van der Waals surface area contributed by atoms with E-state index in [0.29, 0.717) is 23.8 Å². The number of nitrogens with one attached hydrogen (secondary N) is 1. The van der Waals surface area contributed by atoms with Crippen molar-refractivity contribution in [1.29, 1.82) is 0 Å². The Kier molecular flexibility index (Phi) is 3.23. The molecule has 0 saturated heterocycles. The minimum Gasteiger partial charge on any atom is -0.376 e. The zero-order valence-corrected chi connectivity index (χ0v) is 13.4. The van der Waals surface area contributed by atoms with Gasteiger partial charge in [0, 0.05) is 16.6 Å². The fraction of sp³-hybridized carbons (Fsp3) is 0.438. The first-order chi connectivity index (χ1) is 10.6. The highest BCUT2D eigenvalue weighted by Crippen LogP contribution is 2.36. The molecule has 1 N–H and O–H groups in total. The Morgan fingerprint density at radius 2 is 2.27 bits per heavy atom. The average molecular weight is 315 g/mol. The van der Waals surface area contributed by atoms with E-state index in [2.05, 4.69) is 23.8 Å². The third kappa shape index (κ3) is 2.06. The van der Waals surface area contributed by atoms with Crippen molar-refractivity contribution in [3.63, 3.8) is 0 Å². The van der Waals surface area contributed by atoms with Crippen LogP contribution in [0.2, 0.25) is 0 Å². The van der Waals surface area contributed by atoms with Gasteiger partial charge in [0.2, 0.25) is 0 Å². The lowest BCUT2D eigenvalue weighted by Crippen LogP contribution is -2.15. The van der Waals surface area contributed by atoms with Gasteiger partial charge in [-0.2, -0.15) is 0 Å². The first-order valence-electron chi connectivity index (χ1n) is 7.53. The molecule has 6 heteroatoms. The molecule has 0 fully saturated rings. The molecular formula is C16H17N3O2S. The molecule has 1 aliphatic rings. The SMILES string of the molecule is CC(C)Cc1nc2sc3c(=O)[nH]cnc3c2c2c1COCC2. The van der Waals surface area contributed by atoms with Crippen LogP contribution in [0.4, 0.5) is 0 Å². The number of pyridine rings is 1. The van der Waals surface area contributed by atoms with Crippen LogP contribution in [0.15, 0.2) is 11.1 Å². The number of thiophene rings is 1. The van der Waals surface area contributed by atoms with Crippen LogP contribution < -0.4 is 5.56 Å². The molecule has 0 aliphatic carbocycles. The summed E-state index contributed by atoms with van der Waals surface area (Å²) in [6.45, 7) is 5.72. The molecule has 3 aromatic rings. The van der Waals surface area contributed by atoms with E-state index in [9.17, 15) is 4.79 Å². The van der Waals surface area contributed by atoms with Crippen LogP contribution in [0, 0.1) is 5.92 Å². The molecule has 0 bridgehead atoms. The smallest absolute Gasteiger partial charge is 0.268 e. The van der Waals surface area contributed by atoms with Gasteiger partial charge in [-0.1, -0.05) is 13.8 Å². The van der Waals surface area contributed by atoms with Gasteiger partial charge < -0.3 is 9.72 Å². The predicted molar refractivity (Wildman–Crippen MR) is 87.4 cm³/mol. The fourth-order valence-electron chi connectivity index (χ4n) is 3.13. The van der Waals surface area contributed by atoms with Crippen molar-refractivity contribution in [2.75, 3.05) is 6.61 Å². The molecule has 4 heterocycles. The number of hydrogen-bond donors (Lipinski definition) is 1. The Bertz CT molecular complexity index is 926. The number of H-pyrrole nitrogens is 1. The predicted octanol–water partition coefficient (Wildman–Crippen LogP) is 2.80. The van der Waals surface area contributed by atoms with Crippen LogP contribution in [0.1, 0.15) is 30.7 Å². The Labute approximate surface area is 131 Å². The van der Waals surface area contributed by atoms with Crippen molar-refractivity contribution in [2.24, 2.45) is 5.92 Å². The summed E-state index contributed by atoms with van der Waals surface area (Å²) in [5.41, 5.74) is 4.29. The van der Waals surface area contributed by atoms with Crippen LogP contribution in [-0.2, 0) is 24.2 Å². The van der Waals surface area contributed by atoms with Crippen molar-refractivity contribution in [3.8, 4) is 0 Å². The van der Waals surface area contributed by atoms with Gasteiger partial charge in [0.25, 0.3) is 5.56 Å². The Balaban J connectivity index is 2.11. The van der Waals surface area contributed by atoms with Gasteiger partial charge in [0.1, 0.15) is 9.53 Å². The summed E-state index contributed by atoms with van der Waals surface area (Å²) in [7, 11) is 0. The average Bonchev–Trinajstić information content (AvgIpc) is 2.87. The van der Waals surface area contributed by atoms with Gasteiger partial charge in [0.15, 0.2) is 0 Å². The Hall–Kier alpha value is -1.79. The molecule has 0 saturated carbocycles. The highest BCUT2D eigenvalue weighted by molar-refractivity contribution is 7.25. The molecule has 1 aliphatic heterocycles. The number of nitrogens with zero attached hydrogens (tertiary/aromatic N) is 2. The summed E-state index contributed by atoms with van der Waals surface area (Å²) in [6, 6.07) is 0. The molecule has 22 heavy (non-hydrogen) atoms. The molecule has 3 aromatic heterocycles. The van der Waals surface area contributed by atoms with Gasteiger partial charge in [-0.25, -0.2) is 9.97 Å². The fourth-order valence-corrected chi connectivity index (χ4v) is 4.20. The summed E-state index contributed by atoms with van der Waals surface area (Å²) in [6.07, 6.45) is 3.27. The summed E-state index contributed by atoms with van der Waals surface area (Å²) >= 11 is 1.44. The highest BCUT2D eigenvalue weighted by atomic mass is 32.1. The summed E-state index contributed by atoms with van der Waals surface area (Å²) in [4.78, 5) is 24.9. The third-order valence-corrected chi connectivity index (χ3v) is 5.13. The minimum absolute atomic E-state index is 0.0841. The van der Waals surface area contributed by atoms with Gasteiger partial charge in [0.05, 0.1) is 25.1 Å². The standard InChI is InChI=1S/C16H17N3O2S/c1-8(2)5-11-10-6-21-4-3-9(10)12-13-14(22-16(12)19-11)15(20)18-7-17-13/h7-8H,3-6H2,1-2H3,(H,17,18,20). The molecule has 0 unspecified atom stereocenters. The van der Waals surface area contributed by atoms with Crippen molar-refractivity contribution >= 4 is 31.8 Å². The van der Waals surface area contributed by atoms with E-state index >= 15 is 0 Å². The van der Waals surface area contributed by atoms with E-state index in [0.717, 1.165) is 34.3 Å². The number of fused-ring (bicyclic) bond motifs is 5. The van der Waals surface area contributed by atoms with E-state index < -0.39 is 0 Å². The quantitative estimate of drug-likeness (QED) is 0.789. The molecule has 0 aromatic carbocycles. The van der Waals surface area contributed by atoms with E-state index in [1.807, 2.05) is 0 Å². The summed E-state index contributed by atoms with van der Waals surface area (Å²) in [5, 5.41) is 1.05. The summed E-state index contributed by atoms with van der Waals surface area (Å²) < 4.78 is 6.32. The molecule has 0 atom stereocenters. The van der Waals surface area contributed by atoms with Crippen molar-refractivity contribution in [3.05, 3.63) is 33.5 Å². The maximum atomic E-state index is 12.0. The largest absolute Gasteiger partial charge is 0.376 e. The van der Waals surface area contributed by atoms with Crippen LogP contribution in [0.5, 0.6) is 0 Å². The van der Waals surface area contributed by atoms with Crippen molar-refractivity contribution in [2.45, 2.75) is 33.3 Å². The zero-order valence-electron chi connectivity index (χ0n) is 12.6. The highest BCUT2D eigenvalue weighted by Gasteiger charge is 2.23. The molecular weight excluding hydrogens is 298 g/mol. The minimum atomic E-state index is -0.0841. The first kappa shape index (κ1) is 13.8. The van der Waals surface area contributed by atoms with Gasteiger partial charge in [-0.15, -0.1) is 11.3 Å². The maximum absolute atomic E-state index is 12.0. The van der Waals surface area contributed by atoms with E-state index in [4.69, 9.17) is 9.72 Å². The third-order valence-electron chi connectivity index (χ3n) is 4.06. The van der Waals surface area contributed by atoms with E-state index in [-0.39, 0.29) is 5.56 Å². The molecule has 114 valence electrons. The Morgan fingerprint density at radius 1 is 1.41 bits per heavy atom. The van der Waals surface area contributed by atoms with E-state index in [1.54, 1.807) is 0 Å². The molecule has 0 radical (unpaired) electrons. The Morgan fingerprint density at radius 3 is 3.09 bits per heavy atom. The molecule has 0 spiro atoms. The van der Waals surface area contributed by atoms with Gasteiger partial charge in [-0.3, -0.25) is 4.79 Å². The number of ether oxygens (including phenoxy) is 1. The second kappa shape index (κ2) is 5.14. The summed E-state index contributed by atoms with van der Waals surface area (Å²) in [5.74, 6) is 0.534. The lowest BCUT2D eigenvalue weighted by molar-refractivity contribution is 0.110. The maximum Gasteiger partial charge on any atom is 0.268 e. The molecule has 4 rings (SSSR count). The second-order valence-electron chi connectivity index (χ2n) is 6.11. The molecule has 5 nitrogen and oxygen atoms in total. The topological polar surface area (TPSA) is 67.9 Å². The second-order valence-corrected chi connectivity index (χ2v) is 7.11. The number of aromatic nitrogens is 3. The number of hydrogen-bond acceptors (Lipinski definition) is 5. The van der Waals surface area contributed by atoms with Crippen molar-refractivity contribution in [1.82, 2.24) is 15.0 Å². The van der Waals surface area contributed by atoms with Crippen LogP contribution in [0.3, 0.4) is 0 Å². The lowest BCUT2D eigenvalue weighted by atomic mass is 9.95. The van der Waals surface area contributed by atoms with Crippen LogP contribution in [-0.4, -0.2) is 21.6 Å². The number of aromatic amines is 1. The monoisotopic (exact) mass is 315 g/mol. The van der Waals surface area contributed by atoms with E-state index in [1.165, 1.54) is 28.8 Å².